The van der Waals surface area contributed by atoms with Crippen molar-refractivity contribution in [2.75, 3.05) is 13.1 Å². The summed E-state index contributed by atoms with van der Waals surface area (Å²) in [6, 6.07) is 0. The Labute approximate surface area is 122 Å². The average Bonchev–Trinajstić information content (AvgIpc) is 2.88. The lowest BCUT2D eigenvalue weighted by Crippen LogP contribution is -2.41. The SMILES string of the molecule is C=CC(=O)N1CCC(Oc2cnc3[nH]cc(C)c3n2)CC1. The number of carbonyl (C=O) groups excluding carboxylic acids is 1. The monoisotopic (exact) mass is 286 g/mol. The van der Waals surface area contributed by atoms with Crippen LogP contribution in [-0.2, 0) is 4.79 Å². The summed E-state index contributed by atoms with van der Waals surface area (Å²) in [4.78, 5) is 25.2. The van der Waals surface area contributed by atoms with E-state index >= 15 is 0 Å². The molecule has 1 aliphatic rings. The van der Waals surface area contributed by atoms with Crippen molar-refractivity contribution in [2.24, 2.45) is 0 Å². The molecule has 0 spiro atoms. The van der Waals surface area contributed by atoms with Crippen LogP contribution in [0.4, 0.5) is 0 Å². The summed E-state index contributed by atoms with van der Waals surface area (Å²) in [6.45, 7) is 6.87. The summed E-state index contributed by atoms with van der Waals surface area (Å²) >= 11 is 0. The largest absolute Gasteiger partial charge is 0.473 e. The number of hydrogen-bond donors (Lipinski definition) is 1. The topological polar surface area (TPSA) is 71.1 Å². The molecule has 2 aromatic heterocycles. The lowest BCUT2D eigenvalue weighted by molar-refractivity contribution is -0.127. The van der Waals surface area contributed by atoms with Crippen molar-refractivity contribution in [3.63, 3.8) is 0 Å². The second-order valence-electron chi connectivity index (χ2n) is 5.22. The molecule has 3 heterocycles. The number of amides is 1. The summed E-state index contributed by atoms with van der Waals surface area (Å²) in [5.74, 6) is 0.524. The lowest BCUT2D eigenvalue weighted by Gasteiger charge is -2.31. The first-order valence-electron chi connectivity index (χ1n) is 7.06. The molecule has 6 nitrogen and oxygen atoms in total. The summed E-state index contributed by atoms with van der Waals surface area (Å²) < 4.78 is 5.90. The Kier molecular flexibility index (Phi) is 3.60. The van der Waals surface area contributed by atoms with E-state index < -0.39 is 0 Å². The van der Waals surface area contributed by atoms with Crippen LogP contribution in [0, 0.1) is 6.92 Å². The van der Waals surface area contributed by atoms with E-state index in [0.29, 0.717) is 19.0 Å². The van der Waals surface area contributed by atoms with Gasteiger partial charge in [0.2, 0.25) is 11.8 Å². The minimum atomic E-state index is -0.0161. The van der Waals surface area contributed by atoms with E-state index in [4.69, 9.17) is 4.74 Å². The Balaban J connectivity index is 1.65. The van der Waals surface area contributed by atoms with Crippen molar-refractivity contribution in [2.45, 2.75) is 25.9 Å². The highest BCUT2D eigenvalue weighted by atomic mass is 16.5. The number of rotatable bonds is 3. The molecule has 0 aromatic carbocycles. The van der Waals surface area contributed by atoms with Gasteiger partial charge in [0.1, 0.15) is 11.6 Å². The van der Waals surface area contributed by atoms with Crippen molar-refractivity contribution in [3.8, 4) is 5.88 Å². The Morgan fingerprint density at radius 1 is 1.52 bits per heavy atom. The predicted molar refractivity (Wildman–Crippen MR) is 79.1 cm³/mol. The number of ether oxygens (including phenoxy) is 1. The number of likely N-dealkylation sites (tertiary alicyclic amines) is 1. The van der Waals surface area contributed by atoms with Gasteiger partial charge in [-0.1, -0.05) is 6.58 Å². The van der Waals surface area contributed by atoms with Crippen LogP contribution in [0.3, 0.4) is 0 Å². The quantitative estimate of drug-likeness (QED) is 0.874. The maximum atomic E-state index is 11.5. The zero-order valence-electron chi connectivity index (χ0n) is 12.0. The molecule has 2 aromatic rings. The molecular formula is C15H18N4O2. The van der Waals surface area contributed by atoms with E-state index in [1.54, 1.807) is 11.1 Å². The molecule has 1 saturated heterocycles. The maximum Gasteiger partial charge on any atom is 0.245 e. The fraction of sp³-hybridized carbons (Fsp3) is 0.400. The van der Waals surface area contributed by atoms with E-state index in [1.165, 1.54) is 6.08 Å². The zero-order valence-corrected chi connectivity index (χ0v) is 12.0. The van der Waals surface area contributed by atoms with Gasteiger partial charge >= 0.3 is 0 Å². The van der Waals surface area contributed by atoms with Crippen LogP contribution in [-0.4, -0.2) is 45.0 Å². The van der Waals surface area contributed by atoms with Gasteiger partial charge in [0.25, 0.3) is 0 Å². The fourth-order valence-corrected chi connectivity index (χ4v) is 2.55. The molecule has 0 aliphatic carbocycles. The van der Waals surface area contributed by atoms with Crippen LogP contribution in [0.5, 0.6) is 5.88 Å². The number of nitrogens with one attached hydrogen (secondary N) is 1. The highest BCUT2D eigenvalue weighted by Gasteiger charge is 2.23. The number of aryl methyl sites for hydroxylation is 1. The zero-order chi connectivity index (χ0) is 14.8. The van der Waals surface area contributed by atoms with Crippen molar-refractivity contribution >= 4 is 17.1 Å². The molecular weight excluding hydrogens is 268 g/mol. The van der Waals surface area contributed by atoms with Gasteiger partial charge in [-0.25, -0.2) is 9.97 Å². The lowest BCUT2D eigenvalue weighted by atomic mass is 10.1. The van der Waals surface area contributed by atoms with Gasteiger partial charge in [-0.05, 0) is 18.6 Å². The number of aromatic nitrogens is 3. The van der Waals surface area contributed by atoms with Gasteiger partial charge < -0.3 is 14.6 Å². The number of fused-ring (bicyclic) bond motifs is 1. The molecule has 0 radical (unpaired) electrons. The molecule has 3 rings (SSSR count). The number of nitrogens with zero attached hydrogens (tertiary/aromatic N) is 3. The second-order valence-corrected chi connectivity index (χ2v) is 5.22. The fourth-order valence-electron chi connectivity index (χ4n) is 2.55. The molecule has 0 saturated carbocycles. The van der Waals surface area contributed by atoms with E-state index in [9.17, 15) is 4.79 Å². The van der Waals surface area contributed by atoms with E-state index in [1.807, 2.05) is 13.1 Å². The summed E-state index contributed by atoms with van der Waals surface area (Å²) in [7, 11) is 0. The van der Waals surface area contributed by atoms with Crippen molar-refractivity contribution in [3.05, 3.63) is 30.6 Å². The molecule has 6 heteroatoms. The third-order valence-corrected chi connectivity index (χ3v) is 3.76. The second kappa shape index (κ2) is 5.55. The highest BCUT2D eigenvalue weighted by Crippen LogP contribution is 2.20. The van der Waals surface area contributed by atoms with Crippen LogP contribution < -0.4 is 4.74 Å². The molecule has 1 aliphatic heterocycles. The minimum Gasteiger partial charge on any atom is -0.473 e. The van der Waals surface area contributed by atoms with Gasteiger partial charge in [0.05, 0.1) is 6.20 Å². The Morgan fingerprint density at radius 3 is 3.00 bits per heavy atom. The summed E-state index contributed by atoms with van der Waals surface area (Å²) in [6.07, 6.45) is 6.55. The number of H-pyrrole nitrogens is 1. The van der Waals surface area contributed by atoms with E-state index in [2.05, 4.69) is 21.5 Å². The highest BCUT2D eigenvalue weighted by molar-refractivity contribution is 5.87. The van der Waals surface area contributed by atoms with Crippen molar-refractivity contribution < 1.29 is 9.53 Å². The molecule has 1 amide bonds. The van der Waals surface area contributed by atoms with Gasteiger partial charge in [0, 0.05) is 32.1 Å². The van der Waals surface area contributed by atoms with E-state index in [0.717, 1.165) is 29.6 Å². The number of hydrogen-bond acceptors (Lipinski definition) is 4. The van der Waals surface area contributed by atoms with Crippen LogP contribution in [0.25, 0.3) is 11.2 Å². The number of aromatic amines is 1. The van der Waals surface area contributed by atoms with Gasteiger partial charge in [0.15, 0.2) is 5.65 Å². The van der Waals surface area contributed by atoms with Gasteiger partial charge in [-0.3, -0.25) is 4.79 Å². The van der Waals surface area contributed by atoms with Gasteiger partial charge in [-0.2, -0.15) is 0 Å². The molecule has 110 valence electrons. The first-order chi connectivity index (χ1) is 10.2. The average molecular weight is 286 g/mol. The standard InChI is InChI=1S/C15H18N4O2/c1-3-13(20)19-6-4-11(5-7-19)21-12-9-17-15-14(18-12)10(2)8-16-15/h3,8-9,11H,1,4-7H2,2H3,(H,16,17). The van der Waals surface area contributed by atoms with Crippen LogP contribution >= 0.6 is 0 Å². The Bertz CT molecular complexity index is 671. The first-order valence-corrected chi connectivity index (χ1v) is 7.06. The van der Waals surface area contributed by atoms with Crippen LogP contribution in [0.1, 0.15) is 18.4 Å². The summed E-state index contributed by atoms with van der Waals surface area (Å²) in [5.41, 5.74) is 2.66. The van der Waals surface area contributed by atoms with Crippen molar-refractivity contribution in [1.29, 1.82) is 0 Å². The third kappa shape index (κ3) is 2.74. The Hall–Kier alpha value is -2.37. The smallest absolute Gasteiger partial charge is 0.245 e. The van der Waals surface area contributed by atoms with Crippen LogP contribution in [0.15, 0.2) is 25.0 Å². The third-order valence-electron chi connectivity index (χ3n) is 3.76. The predicted octanol–water partition coefficient (Wildman–Crippen LogP) is 1.82. The number of carbonyl (C=O) groups is 1. The van der Waals surface area contributed by atoms with Crippen molar-refractivity contribution in [1.82, 2.24) is 19.9 Å². The van der Waals surface area contributed by atoms with E-state index in [-0.39, 0.29) is 12.0 Å². The molecule has 0 unspecified atom stereocenters. The maximum absolute atomic E-state index is 11.5. The normalized spacial score (nSPS) is 16.1. The summed E-state index contributed by atoms with van der Waals surface area (Å²) in [5, 5.41) is 0. The molecule has 1 N–H and O–H groups in total. The first kappa shape index (κ1) is 13.6. The number of piperidine rings is 1. The van der Waals surface area contributed by atoms with Gasteiger partial charge in [-0.15, -0.1) is 0 Å². The molecule has 0 bridgehead atoms. The Morgan fingerprint density at radius 2 is 2.29 bits per heavy atom. The minimum absolute atomic E-state index is 0.0161. The molecule has 1 fully saturated rings. The van der Waals surface area contributed by atoms with Crippen LogP contribution in [0.2, 0.25) is 0 Å². The molecule has 0 atom stereocenters. The molecule has 21 heavy (non-hydrogen) atoms.